The number of Topliss-reactive ketones (excluding diaryl/α,β-unsaturated/α-hetero) is 1. The molecule has 1 aromatic rings. The summed E-state index contributed by atoms with van der Waals surface area (Å²) in [7, 11) is 0. The Balaban J connectivity index is 1.97. The second-order valence-electron chi connectivity index (χ2n) is 5.09. The lowest BCUT2D eigenvalue weighted by Crippen LogP contribution is -2.30. The summed E-state index contributed by atoms with van der Waals surface area (Å²) in [5.74, 6) is -0.102. The van der Waals surface area contributed by atoms with Crippen LogP contribution in [-0.2, 0) is 16.0 Å². The van der Waals surface area contributed by atoms with Crippen LogP contribution in [0.2, 0.25) is 0 Å². The number of anilines is 1. The van der Waals surface area contributed by atoms with E-state index >= 15 is 0 Å². The Hall–Kier alpha value is -2.17. The fourth-order valence-electron chi connectivity index (χ4n) is 2.50. The summed E-state index contributed by atoms with van der Waals surface area (Å²) in [6.07, 6.45) is 0.749. The number of nitrogens with one attached hydrogen (secondary N) is 1. The summed E-state index contributed by atoms with van der Waals surface area (Å²) < 4.78 is 0. The van der Waals surface area contributed by atoms with Gasteiger partial charge in [0.25, 0.3) is 0 Å². The Morgan fingerprint density at radius 2 is 1.90 bits per heavy atom. The van der Waals surface area contributed by atoms with Crippen molar-refractivity contribution >= 4 is 23.3 Å². The van der Waals surface area contributed by atoms with Gasteiger partial charge in [-0.3, -0.25) is 14.4 Å². The molecule has 0 bridgehead atoms. The Morgan fingerprint density at radius 1 is 1.19 bits per heavy atom. The van der Waals surface area contributed by atoms with E-state index in [2.05, 4.69) is 5.32 Å². The maximum absolute atomic E-state index is 12.2. The molecule has 0 aromatic heterocycles. The standard InChI is InChI=1S/C16H20N2O3/c1-3-18(4-2)16(21)8-7-14(19)11-5-6-13-12(9-11)10-15(20)17-13/h5-6,9H,3-4,7-8,10H2,1-2H3,(H,17,20). The summed E-state index contributed by atoms with van der Waals surface area (Å²) in [5.41, 5.74) is 2.19. The summed E-state index contributed by atoms with van der Waals surface area (Å²) in [6.45, 7) is 5.17. The van der Waals surface area contributed by atoms with E-state index in [0.29, 0.717) is 25.1 Å². The first kappa shape index (κ1) is 15.2. The third-order valence-electron chi connectivity index (χ3n) is 3.73. The van der Waals surface area contributed by atoms with Crippen molar-refractivity contribution in [3.63, 3.8) is 0 Å². The van der Waals surface area contributed by atoms with Gasteiger partial charge in [-0.25, -0.2) is 0 Å². The van der Waals surface area contributed by atoms with E-state index in [0.717, 1.165) is 11.3 Å². The first-order chi connectivity index (χ1) is 10.0. The number of carbonyl (C=O) groups excluding carboxylic acids is 3. The lowest BCUT2D eigenvalue weighted by Gasteiger charge is -2.18. The van der Waals surface area contributed by atoms with Crippen LogP contribution in [0.15, 0.2) is 18.2 Å². The van der Waals surface area contributed by atoms with Crippen LogP contribution < -0.4 is 5.32 Å². The maximum atomic E-state index is 12.2. The fourth-order valence-corrected chi connectivity index (χ4v) is 2.50. The van der Waals surface area contributed by atoms with Gasteiger partial charge in [-0.1, -0.05) is 0 Å². The number of hydrogen-bond acceptors (Lipinski definition) is 3. The quantitative estimate of drug-likeness (QED) is 0.814. The molecule has 1 aromatic carbocycles. The first-order valence-electron chi connectivity index (χ1n) is 7.28. The molecule has 1 aliphatic rings. The van der Waals surface area contributed by atoms with Gasteiger partial charge >= 0.3 is 0 Å². The van der Waals surface area contributed by atoms with E-state index in [1.165, 1.54) is 0 Å². The number of rotatable bonds is 6. The molecule has 5 nitrogen and oxygen atoms in total. The van der Waals surface area contributed by atoms with E-state index in [-0.39, 0.29) is 30.4 Å². The number of nitrogens with zero attached hydrogens (tertiary/aromatic N) is 1. The third kappa shape index (κ3) is 3.48. The monoisotopic (exact) mass is 288 g/mol. The van der Waals surface area contributed by atoms with Crippen LogP contribution in [0.4, 0.5) is 5.69 Å². The van der Waals surface area contributed by atoms with Crippen LogP contribution in [0.1, 0.15) is 42.6 Å². The molecular formula is C16H20N2O3. The van der Waals surface area contributed by atoms with Crippen LogP contribution in [0, 0.1) is 0 Å². The predicted octanol–water partition coefficient (Wildman–Crippen LogP) is 2.01. The van der Waals surface area contributed by atoms with Gasteiger partial charge in [0.2, 0.25) is 11.8 Å². The fraction of sp³-hybridized carbons (Fsp3) is 0.438. The number of benzene rings is 1. The Labute approximate surface area is 124 Å². The molecule has 112 valence electrons. The van der Waals surface area contributed by atoms with E-state index in [1.807, 2.05) is 13.8 Å². The van der Waals surface area contributed by atoms with E-state index < -0.39 is 0 Å². The van der Waals surface area contributed by atoms with Crippen molar-refractivity contribution in [1.82, 2.24) is 4.90 Å². The highest BCUT2D eigenvalue weighted by Crippen LogP contribution is 2.24. The molecule has 0 atom stereocenters. The molecule has 1 aliphatic heterocycles. The van der Waals surface area contributed by atoms with Gasteiger partial charge in [0.05, 0.1) is 6.42 Å². The molecule has 5 heteroatoms. The summed E-state index contributed by atoms with van der Waals surface area (Å²) in [5, 5.41) is 2.73. The average Bonchev–Trinajstić information content (AvgIpc) is 2.85. The highest BCUT2D eigenvalue weighted by Gasteiger charge is 2.19. The van der Waals surface area contributed by atoms with Gasteiger partial charge in [-0.05, 0) is 37.6 Å². The van der Waals surface area contributed by atoms with Crippen LogP contribution in [0.25, 0.3) is 0 Å². The van der Waals surface area contributed by atoms with Crippen molar-refractivity contribution in [1.29, 1.82) is 0 Å². The second-order valence-corrected chi connectivity index (χ2v) is 5.09. The van der Waals surface area contributed by atoms with Crippen molar-refractivity contribution in [3.05, 3.63) is 29.3 Å². The molecule has 0 saturated carbocycles. The Bertz CT molecular complexity index is 577. The van der Waals surface area contributed by atoms with Crippen molar-refractivity contribution in [3.8, 4) is 0 Å². The average molecular weight is 288 g/mol. The maximum Gasteiger partial charge on any atom is 0.228 e. The summed E-state index contributed by atoms with van der Waals surface area (Å²) >= 11 is 0. The summed E-state index contributed by atoms with van der Waals surface area (Å²) in [6, 6.07) is 5.20. The molecule has 0 aliphatic carbocycles. The number of amides is 2. The minimum Gasteiger partial charge on any atom is -0.343 e. The topological polar surface area (TPSA) is 66.5 Å². The highest BCUT2D eigenvalue weighted by atomic mass is 16.2. The second kappa shape index (κ2) is 6.52. The molecule has 1 heterocycles. The molecule has 21 heavy (non-hydrogen) atoms. The largest absolute Gasteiger partial charge is 0.343 e. The molecule has 0 unspecified atom stereocenters. The molecular weight excluding hydrogens is 268 g/mol. The molecule has 2 rings (SSSR count). The number of ketones is 1. The number of hydrogen-bond donors (Lipinski definition) is 1. The lowest BCUT2D eigenvalue weighted by atomic mass is 10.0. The smallest absolute Gasteiger partial charge is 0.228 e. The predicted molar refractivity (Wildman–Crippen MR) is 80.3 cm³/mol. The van der Waals surface area contributed by atoms with Gasteiger partial charge in [-0.2, -0.15) is 0 Å². The SMILES string of the molecule is CCN(CC)C(=O)CCC(=O)c1ccc2c(c1)CC(=O)N2. The van der Waals surface area contributed by atoms with Gasteiger partial charge < -0.3 is 10.2 Å². The molecule has 1 N–H and O–H groups in total. The molecule has 0 saturated heterocycles. The normalized spacial score (nSPS) is 12.8. The van der Waals surface area contributed by atoms with Crippen molar-refractivity contribution in [2.24, 2.45) is 0 Å². The van der Waals surface area contributed by atoms with Crippen LogP contribution in [0.5, 0.6) is 0 Å². The van der Waals surface area contributed by atoms with Crippen molar-refractivity contribution in [2.45, 2.75) is 33.1 Å². The first-order valence-corrected chi connectivity index (χ1v) is 7.28. The number of carbonyl (C=O) groups is 3. The minimum atomic E-state index is -0.0577. The van der Waals surface area contributed by atoms with E-state index in [9.17, 15) is 14.4 Å². The van der Waals surface area contributed by atoms with Gasteiger partial charge in [-0.15, -0.1) is 0 Å². The number of fused-ring (bicyclic) bond motifs is 1. The van der Waals surface area contributed by atoms with Gasteiger partial charge in [0, 0.05) is 37.2 Å². The molecule has 2 amide bonds. The molecule has 0 radical (unpaired) electrons. The zero-order chi connectivity index (χ0) is 15.4. The van der Waals surface area contributed by atoms with Crippen LogP contribution >= 0.6 is 0 Å². The Kier molecular flexibility index (Phi) is 4.73. The van der Waals surface area contributed by atoms with Crippen LogP contribution in [-0.4, -0.2) is 35.6 Å². The van der Waals surface area contributed by atoms with Crippen LogP contribution in [0.3, 0.4) is 0 Å². The molecule has 0 spiro atoms. The minimum absolute atomic E-state index is 0.00588. The summed E-state index contributed by atoms with van der Waals surface area (Å²) in [4.78, 5) is 37.1. The van der Waals surface area contributed by atoms with E-state index in [1.54, 1.807) is 23.1 Å². The van der Waals surface area contributed by atoms with Crippen molar-refractivity contribution < 1.29 is 14.4 Å². The third-order valence-corrected chi connectivity index (χ3v) is 3.73. The Morgan fingerprint density at radius 3 is 2.57 bits per heavy atom. The zero-order valence-electron chi connectivity index (χ0n) is 12.4. The zero-order valence-corrected chi connectivity index (χ0v) is 12.4. The van der Waals surface area contributed by atoms with Gasteiger partial charge in [0.15, 0.2) is 5.78 Å². The highest BCUT2D eigenvalue weighted by molar-refractivity contribution is 6.02. The lowest BCUT2D eigenvalue weighted by molar-refractivity contribution is -0.130. The van der Waals surface area contributed by atoms with Crippen molar-refractivity contribution in [2.75, 3.05) is 18.4 Å². The van der Waals surface area contributed by atoms with Gasteiger partial charge in [0.1, 0.15) is 0 Å². The van der Waals surface area contributed by atoms with E-state index in [4.69, 9.17) is 0 Å². The molecule has 0 fully saturated rings.